The van der Waals surface area contributed by atoms with Crippen molar-refractivity contribution in [3.8, 4) is 5.88 Å². The molecule has 1 aliphatic rings. The van der Waals surface area contributed by atoms with Crippen LogP contribution in [0.5, 0.6) is 5.88 Å². The molecule has 1 aromatic heterocycles. The van der Waals surface area contributed by atoms with Gasteiger partial charge in [0.1, 0.15) is 11.8 Å². The number of aromatic nitrogens is 2. The average Bonchev–Trinajstić information content (AvgIpc) is 2.81. The zero-order valence-corrected chi connectivity index (χ0v) is 8.59. The van der Waals surface area contributed by atoms with Gasteiger partial charge < -0.3 is 14.6 Å². The fraction of sp³-hybridized carbons (Fsp3) is 0.600. The number of nitrogens with zero attached hydrogens (tertiary/aromatic N) is 2. The molecule has 0 saturated carbocycles. The molecule has 1 fully saturated rings. The van der Waals surface area contributed by atoms with Gasteiger partial charge in [0.15, 0.2) is 0 Å². The molecule has 0 aromatic carbocycles. The van der Waals surface area contributed by atoms with Gasteiger partial charge in [-0.2, -0.15) is 0 Å². The van der Waals surface area contributed by atoms with Gasteiger partial charge in [-0.15, -0.1) is 0 Å². The van der Waals surface area contributed by atoms with Gasteiger partial charge in [0.2, 0.25) is 5.88 Å². The summed E-state index contributed by atoms with van der Waals surface area (Å²) in [5.74, 6) is 0.362. The van der Waals surface area contributed by atoms with Crippen LogP contribution in [-0.2, 0) is 4.74 Å². The van der Waals surface area contributed by atoms with Crippen molar-refractivity contribution in [3.05, 3.63) is 18.1 Å². The second-order valence-electron chi connectivity index (χ2n) is 3.45. The lowest BCUT2D eigenvalue weighted by Crippen LogP contribution is -2.19. The predicted molar refractivity (Wildman–Crippen MR) is 52.5 cm³/mol. The zero-order chi connectivity index (χ0) is 10.7. The minimum atomic E-state index is -0.754. The van der Waals surface area contributed by atoms with Crippen LogP contribution >= 0.6 is 0 Å². The van der Waals surface area contributed by atoms with Crippen molar-refractivity contribution in [1.29, 1.82) is 0 Å². The number of aliphatic hydroxyl groups is 1. The number of ether oxygens (including phenoxy) is 2. The van der Waals surface area contributed by atoms with Crippen molar-refractivity contribution in [2.24, 2.45) is 0 Å². The van der Waals surface area contributed by atoms with Crippen molar-refractivity contribution < 1.29 is 14.6 Å². The Labute approximate surface area is 88.1 Å². The fourth-order valence-electron chi connectivity index (χ4n) is 1.72. The molecule has 2 heterocycles. The van der Waals surface area contributed by atoms with Crippen molar-refractivity contribution in [2.45, 2.75) is 25.0 Å². The van der Waals surface area contributed by atoms with E-state index in [-0.39, 0.29) is 6.10 Å². The lowest BCUT2D eigenvalue weighted by atomic mass is 10.1. The molecule has 5 nitrogen and oxygen atoms in total. The number of hydrogen-bond acceptors (Lipinski definition) is 5. The molecule has 0 aliphatic carbocycles. The standard InChI is InChI=1S/C10H14N2O3/c1-14-10-8(11-4-5-12-10)9(13)7-3-2-6-15-7/h4-5,7,9,13H,2-3,6H2,1H3. The quantitative estimate of drug-likeness (QED) is 0.795. The summed E-state index contributed by atoms with van der Waals surface area (Å²) < 4.78 is 10.4. The molecule has 0 radical (unpaired) electrons. The first kappa shape index (κ1) is 10.3. The summed E-state index contributed by atoms with van der Waals surface area (Å²) in [6, 6.07) is 0. The third kappa shape index (κ3) is 2.08. The Kier molecular flexibility index (Phi) is 3.13. The van der Waals surface area contributed by atoms with Gasteiger partial charge in [0.05, 0.1) is 13.2 Å². The average molecular weight is 210 g/mol. The van der Waals surface area contributed by atoms with Gasteiger partial charge in [-0.05, 0) is 12.8 Å². The Morgan fingerprint density at radius 3 is 3.00 bits per heavy atom. The smallest absolute Gasteiger partial charge is 0.238 e. The number of aliphatic hydroxyl groups excluding tert-OH is 1. The lowest BCUT2D eigenvalue weighted by Gasteiger charge is -2.17. The maximum Gasteiger partial charge on any atom is 0.238 e. The highest BCUT2D eigenvalue weighted by molar-refractivity contribution is 5.20. The van der Waals surface area contributed by atoms with Crippen molar-refractivity contribution in [1.82, 2.24) is 9.97 Å². The van der Waals surface area contributed by atoms with E-state index < -0.39 is 6.10 Å². The van der Waals surface area contributed by atoms with Crippen molar-refractivity contribution in [3.63, 3.8) is 0 Å². The molecule has 0 bridgehead atoms. The SMILES string of the molecule is COc1nccnc1C(O)C1CCCO1. The van der Waals surface area contributed by atoms with Gasteiger partial charge in [-0.1, -0.05) is 0 Å². The summed E-state index contributed by atoms with van der Waals surface area (Å²) in [4.78, 5) is 8.07. The van der Waals surface area contributed by atoms with E-state index >= 15 is 0 Å². The Balaban J connectivity index is 2.19. The first-order valence-electron chi connectivity index (χ1n) is 4.97. The molecular weight excluding hydrogens is 196 g/mol. The lowest BCUT2D eigenvalue weighted by molar-refractivity contribution is -0.00616. The number of hydrogen-bond donors (Lipinski definition) is 1. The van der Waals surface area contributed by atoms with Gasteiger partial charge in [-0.3, -0.25) is 4.98 Å². The van der Waals surface area contributed by atoms with Crippen LogP contribution in [0.4, 0.5) is 0 Å². The van der Waals surface area contributed by atoms with Crippen LogP contribution < -0.4 is 4.74 Å². The van der Waals surface area contributed by atoms with Gasteiger partial charge in [-0.25, -0.2) is 4.98 Å². The molecule has 2 atom stereocenters. The summed E-state index contributed by atoms with van der Waals surface area (Å²) in [7, 11) is 1.51. The monoisotopic (exact) mass is 210 g/mol. The maximum atomic E-state index is 10.0. The largest absolute Gasteiger partial charge is 0.480 e. The normalized spacial score (nSPS) is 22.7. The van der Waals surface area contributed by atoms with Crippen molar-refractivity contribution >= 4 is 0 Å². The van der Waals surface area contributed by atoms with E-state index in [0.717, 1.165) is 12.8 Å². The minimum absolute atomic E-state index is 0.185. The van der Waals surface area contributed by atoms with Crippen LogP contribution in [0.3, 0.4) is 0 Å². The van der Waals surface area contributed by atoms with Gasteiger partial charge in [0, 0.05) is 19.0 Å². The van der Waals surface area contributed by atoms with Crippen LogP contribution in [0.2, 0.25) is 0 Å². The molecule has 0 spiro atoms. The molecule has 15 heavy (non-hydrogen) atoms. The number of rotatable bonds is 3. The molecule has 82 valence electrons. The zero-order valence-electron chi connectivity index (χ0n) is 8.59. The van der Waals surface area contributed by atoms with E-state index in [9.17, 15) is 5.11 Å². The molecule has 0 amide bonds. The molecular formula is C10H14N2O3. The highest BCUT2D eigenvalue weighted by atomic mass is 16.5. The van der Waals surface area contributed by atoms with E-state index in [0.29, 0.717) is 18.2 Å². The van der Waals surface area contributed by atoms with E-state index in [1.54, 1.807) is 0 Å². The summed E-state index contributed by atoms with van der Waals surface area (Å²) in [5, 5.41) is 10.0. The Bertz CT molecular complexity index is 326. The fourth-order valence-corrected chi connectivity index (χ4v) is 1.72. The topological polar surface area (TPSA) is 64.5 Å². The maximum absolute atomic E-state index is 10.0. The third-order valence-corrected chi connectivity index (χ3v) is 2.48. The van der Waals surface area contributed by atoms with E-state index in [4.69, 9.17) is 9.47 Å². The first-order valence-corrected chi connectivity index (χ1v) is 4.97. The third-order valence-electron chi connectivity index (χ3n) is 2.48. The van der Waals surface area contributed by atoms with Gasteiger partial charge in [0.25, 0.3) is 0 Å². The summed E-state index contributed by atoms with van der Waals surface area (Å²) in [6.07, 6.45) is 3.96. The van der Waals surface area contributed by atoms with E-state index in [2.05, 4.69) is 9.97 Å². The predicted octanol–water partition coefficient (Wildman–Crippen LogP) is 0.698. The summed E-state index contributed by atoms with van der Waals surface area (Å²) >= 11 is 0. The Morgan fingerprint density at radius 2 is 2.33 bits per heavy atom. The number of methoxy groups -OCH3 is 1. The highest BCUT2D eigenvalue weighted by Crippen LogP contribution is 2.29. The van der Waals surface area contributed by atoms with Crippen LogP contribution in [0, 0.1) is 0 Å². The van der Waals surface area contributed by atoms with Crippen LogP contribution in [0.15, 0.2) is 12.4 Å². The van der Waals surface area contributed by atoms with Crippen molar-refractivity contribution in [2.75, 3.05) is 13.7 Å². The van der Waals surface area contributed by atoms with E-state index in [1.807, 2.05) is 0 Å². The molecule has 1 N–H and O–H groups in total. The second-order valence-corrected chi connectivity index (χ2v) is 3.45. The van der Waals surface area contributed by atoms with Crippen LogP contribution in [0.25, 0.3) is 0 Å². The Morgan fingerprint density at radius 1 is 1.53 bits per heavy atom. The molecule has 2 rings (SSSR count). The van der Waals surface area contributed by atoms with Gasteiger partial charge >= 0.3 is 0 Å². The summed E-state index contributed by atoms with van der Waals surface area (Å²) in [5.41, 5.74) is 0.451. The first-order chi connectivity index (χ1) is 7.33. The minimum Gasteiger partial charge on any atom is -0.480 e. The highest BCUT2D eigenvalue weighted by Gasteiger charge is 2.29. The molecule has 1 saturated heterocycles. The Hall–Kier alpha value is -1.20. The second kappa shape index (κ2) is 4.55. The summed E-state index contributed by atoms with van der Waals surface area (Å²) in [6.45, 7) is 0.699. The molecule has 1 aromatic rings. The van der Waals surface area contributed by atoms with Crippen LogP contribution in [-0.4, -0.2) is 34.9 Å². The molecule has 5 heteroatoms. The molecule has 1 aliphatic heterocycles. The molecule has 2 unspecified atom stereocenters. The van der Waals surface area contributed by atoms with E-state index in [1.165, 1.54) is 19.5 Å². The van der Waals surface area contributed by atoms with Crippen LogP contribution in [0.1, 0.15) is 24.6 Å².